The fraction of sp³-hybridized carbons (Fsp3) is 0.133. The third kappa shape index (κ3) is 3.40. The van der Waals surface area contributed by atoms with Crippen molar-refractivity contribution in [3.8, 4) is 11.8 Å². The van der Waals surface area contributed by atoms with Crippen LogP contribution in [0.4, 0.5) is 5.69 Å². The molecule has 1 heterocycles. The summed E-state index contributed by atoms with van der Waals surface area (Å²) in [4.78, 5) is 14.2. The van der Waals surface area contributed by atoms with Crippen molar-refractivity contribution in [2.75, 3.05) is 11.9 Å². The Balaban J connectivity index is 2.14. The Hall–Kier alpha value is -1.80. The van der Waals surface area contributed by atoms with Crippen LogP contribution in [0.2, 0.25) is 5.02 Å². The molecule has 0 aliphatic heterocycles. The fourth-order valence-electron chi connectivity index (χ4n) is 1.55. The van der Waals surface area contributed by atoms with Crippen molar-refractivity contribution >= 4 is 34.5 Å². The van der Waals surface area contributed by atoms with Gasteiger partial charge in [-0.1, -0.05) is 11.6 Å². The first-order chi connectivity index (χ1) is 9.61. The molecule has 0 atom stereocenters. The van der Waals surface area contributed by atoms with Gasteiger partial charge in [-0.15, -0.1) is 11.3 Å². The van der Waals surface area contributed by atoms with Gasteiger partial charge in [-0.25, -0.2) is 0 Å². The molecule has 5 heteroatoms. The number of aliphatic hydroxyl groups excluding tert-OH is 1. The number of aliphatic hydroxyl groups is 1. The molecule has 2 rings (SSSR count). The summed E-state index contributed by atoms with van der Waals surface area (Å²) < 4.78 is 0. The maximum Gasteiger partial charge on any atom is 0.303 e. The molecule has 0 saturated heterocycles. The number of anilines is 1. The molecule has 0 aliphatic carbocycles. The van der Waals surface area contributed by atoms with Crippen LogP contribution in [-0.4, -0.2) is 18.1 Å². The van der Waals surface area contributed by atoms with Gasteiger partial charge in [0.05, 0.1) is 11.5 Å². The third-order valence-electron chi connectivity index (χ3n) is 2.72. The number of hydrogen-bond acceptors (Lipinski definition) is 3. The van der Waals surface area contributed by atoms with Gasteiger partial charge in [0.2, 0.25) is 0 Å². The van der Waals surface area contributed by atoms with Crippen LogP contribution in [-0.2, 0) is 11.4 Å². The number of hydrogen-bond donors (Lipinski definition) is 1. The Morgan fingerprint density at radius 1 is 1.35 bits per heavy atom. The van der Waals surface area contributed by atoms with Crippen LogP contribution in [0.15, 0.2) is 35.7 Å². The Morgan fingerprint density at radius 2 is 2.05 bits per heavy atom. The van der Waals surface area contributed by atoms with E-state index in [1.54, 1.807) is 37.4 Å². The SMILES string of the molecule is CN(C(=O)C#Cc1sccc1CO)c1ccc(Cl)cc1. The molecule has 0 radical (unpaired) electrons. The topological polar surface area (TPSA) is 40.5 Å². The van der Waals surface area contributed by atoms with Crippen molar-refractivity contribution in [2.24, 2.45) is 0 Å². The van der Waals surface area contributed by atoms with Gasteiger partial charge in [-0.05, 0) is 41.6 Å². The van der Waals surface area contributed by atoms with Crippen molar-refractivity contribution in [1.82, 2.24) is 0 Å². The lowest BCUT2D eigenvalue weighted by Crippen LogP contribution is -2.24. The molecule has 1 N–H and O–H groups in total. The second kappa shape index (κ2) is 6.58. The average molecular weight is 306 g/mol. The quantitative estimate of drug-likeness (QED) is 0.867. The van der Waals surface area contributed by atoms with E-state index >= 15 is 0 Å². The number of halogens is 1. The van der Waals surface area contributed by atoms with E-state index in [1.807, 2.05) is 5.38 Å². The van der Waals surface area contributed by atoms with Crippen LogP contribution < -0.4 is 4.90 Å². The highest BCUT2D eigenvalue weighted by Crippen LogP contribution is 2.17. The number of amides is 1. The first-order valence-electron chi connectivity index (χ1n) is 5.84. The lowest BCUT2D eigenvalue weighted by atomic mass is 10.2. The summed E-state index contributed by atoms with van der Waals surface area (Å²) in [5.41, 5.74) is 1.46. The summed E-state index contributed by atoms with van der Waals surface area (Å²) in [5.74, 6) is 5.06. The van der Waals surface area contributed by atoms with Gasteiger partial charge in [0.15, 0.2) is 0 Å². The number of rotatable bonds is 2. The highest BCUT2D eigenvalue weighted by atomic mass is 35.5. The Kier molecular flexibility index (Phi) is 4.80. The molecule has 20 heavy (non-hydrogen) atoms. The molecule has 2 aromatic rings. The van der Waals surface area contributed by atoms with E-state index in [2.05, 4.69) is 11.8 Å². The second-order valence-corrected chi connectivity index (χ2v) is 5.38. The van der Waals surface area contributed by atoms with Gasteiger partial charge in [-0.2, -0.15) is 0 Å². The Morgan fingerprint density at radius 3 is 2.70 bits per heavy atom. The lowest BCUT2D eigenvalue weighted by Gasteiger charge is -2.13. The summed E-state index contributed by atoms with van der Waals surface area (Å²) in [7, 11) is 1.65. The highest BCUT2D eigenvalue weighted by Gasteiger charge is 2.08. The number of carbonyl (C=O) groups is 1. The van der Waals surface area contributed by atoms with Crippen molar-refractivity contribution in [3.05, 3.63) is 51.2 Å². The monoisotopic (exact) mass is 305 g/mol. The Bertz CT molecular complexity index is 667. The molecule has 1 aromatic carbocycles. The summed E-state index contributed by atoms with van der Waals surface area (Å²) in [5, 5.41) is 11.6. The number of nitrogens with zero attached hydrogens (tertiary/aromatic N) is 1. The number of carbonyl (C=O) groups excluding carboxylic acids is 1. The zero-order chi connectivity index (χ0) is 14.5. The number of benzene rings is 1. The largest absolute Gasteiger partial charge is 0.392 e. The molecule has 0 fully saturated rings. The van der Waals surface area contributed by atoms with E-state index in [-0.39, 0.29) is 12.5 Å². The van der Waals surface area contributed by atoms with Crippen molar-refractivity contribution < 1.29 is 9.90 Å². The summed E-state index contributed by atoms with van der Waals surface area (Å²) in [6.45, 7) is -0.0747. The molecule has 102 valence electrons. The van der Waals surface area contributed by atoms with Crippen molar-refractivity contribution in [1.29, 1.82) is 0 Å². The van der Waals surface area contributed by atoms with Crippen LogP contribution in [0.25, 0.3) is 0 Å². The van der Waals surface area contributed by atoms with Crippen LogP contribution in [0.1, 0.15) is 10.4 Å². The standard InChI is InChI=1S/C15H12ClNO2S/c1-17(13-4-2-12(16)3-5-13)15(19)7-6-14-11(10-18)8-9-20-14/h2-5,8-9,18H,10H2,1H3. The maximum atomic E-state index is 12.0. The minimum absolute atomic E-state index is 0.0747. The number of thiophene rings is 1. The van der Waals surface area contributed by atoms with Gasteiger partial charge < -0.3 is 10.0 Å². The molecule has 0 aliphatic rings. The molecular weight excluding hydrogens is 294 g/mol. The van der Waals surface area contributed by atoms with Crippen LogP contribution in [0, 0.1) is 11.8 Å². The van der Waals surface area contributed by atoms with Gasteiger partial charge in [0.1, 0.15) is 0 Å². The first kappa shape index (κ1) is 14.6. The molecule has 0 bridgehead atoms. The minimum Gasteiger partial charge on any atom is -0.392 e. The fourth-order valence-corrected chi connectivity index (χ4v) is 2.43. The predicted molar refractivity (Wildman–Crippen MR) is 82.0 cm³/mol. The second-order valence-electron chi connectivity index (χ2n) is 4.02. The van der Waals surface area contributed by atoms with E-state index in [0.29, 0.717) is 9.90 Å². The third-order valence-corrected chi connectivity index (χ3v) is 3.84. The minimum atomic E-state index is -0.315. The average Bonchev–Trinajstić information content (AvgIpc) is 2.92. The zero-order valence-electron chi connectivity index (χ0n) is 10.8. The summed E-state index contributed by atoms with van der Waals surface area (Å²) >= 11 is 7.21. The van der Waals surface area contributed by atoms with E-state index in [1.165, 1.54) is 16.2 Å². The van der Waals surface area contributed by atoms with Gasteiger partial charge in [-0.3, -0.25) is 4.79 Å². The molecule has 3 nitrogen and oxygen atoms in total. The smallest absolute Gasteiger partial charge is 0.303 e. The predicted octanol–water partition coefficient (Wildman–Crippen LogP) is 2.91. The molecule has 1 aromatic heterocycles. The molecular formula is C15H12ClNO2S. The maximum absolute atomic E-state index is 12.0. The van der Waals surface area contributed by atoms with E-state index in [9.17, 15) is 4.79 Å². The van der Waals surface area contributed by atoms with E-state index in [4.69, 9.17) is 16.7 Å². The summed E-state index contributed by atoms with van der Waals surface area (Å²) in [6, 6.07) is 8.74. The lowest BCUT2D eigenvalue weighted by molar-refractivity contribution is -0.113. The van der Waals surface area contributed by atoms with Crippen LogP contribution >= 0.6 is 22.9 Å². The highest BCUT2D eigenvalue weighted by molar-refractivity contribution is 7.10. The molecule has 0 unspecified atom stereocenters. The molecule has 0 spiro atoms. The molecule has 0 saturated carbocycles. The van der Waals surface area contributed by atoms with Gasteiger partial charge >= 0.3 is 5.91 Å². The Labute approximate surface area is 126 Å². The summed E-state index contributed by atoms with van der Waals surface area (Å²) in [6.07, 6.45) is 0. The zero-order valence-corrected chi connectivity index (χ0v) is 12.3. The normalized spacial score (nSPS) is 9.75. The van der Waals surface area contributed by atoms with Gasteiger partial charge in [0.25, 0.3) is 0 Å². The van der Waals surface area contributed by atoms with Crippen LogP contribution in [0.5, 0.6) is 0 Å². The van der Waals surface area contributed by atoms with E-state index < -0.39 is 0 Å². The van der Waals surface area contributed by atoms with Crippen LogP contribution in [0.3, 0.4) is 0 Å². The molecule has 1 amide bonds. The van der Waals surface area contributed by atoms with E-state index in [0.717, 1.165) is 11.3 Å². The van der Waals surface area contributed by atoms with Crippen molar-refractivity contribution in [3.63, 3.8) is 0 Å². The first-order valence-corrected chi connectivity index (χ1v) is 7.10. The van der Waals surface area contributed by atoms with Crippen molar-refractivity contribution in [2.45, 2.75) is 6.61 Å². The van der Waals surface area contributed by atoms with Gasteiger partial charge in [0, 0.05) is 29.2 Å².